The second-order valence-electron chi connectivity index (χ2n) is 10.2. The van der Waals surface area contributed by atoms with Gasteiger partial charge in [-0.25, -0.2) is 4.98 Å². The first-order chi connectivity index (χ1) is 22.2. The minimum absolute atomic E-state index is 0.00847. The third-order valence-corrected chi connectivity index (χ3v) is 8.84. The highest BCUT2D eigenvalue weighted by Crippen LogP contribution is 2.30. The first-order valence-electron chi connectivity index (χ1n) is 14.3. The van der Waals surface area contributed by atoms with Gasteiger partial charge in [0.25, 0.3) is 11.8 Å². The van der Waals surface area contributed by atoms with Crippen LogP contribution in [0.1, 0.15) is 28.4 Å². The molecule has 3 amide bonds. The number of rotatable bonds is 11. The van der Waals surface area contributed by atoms with E-state index >= 15 is 0 Å². The van der Waals surface area contributed by atoms with Gasteiger partial charge in [0.15, 0.2) is 5.13 Å². The summed E-state index contributed by atoms with van der Waals surface area (Å²) in [6.07, 6.45) is 1.54. The lowest BCUT2D eigenvalue weighted by Crippen LogP contribution is -2.30. The van der Waals surface area contributed by atoms with E-state index in [1.165, 1.54) is 30.2 Å². The summed E-state index contributed by atoms with van der Waals surface area (Å²) >= 11 is 2.78. The van der Waals surface area contributed by atoms with Crippen molar-refractivity contribution < 1.29 is 23.9 Å². The Balaban J connectivity index is 1.31. The molecule has 1 unspecified atom stereocenters. The number of hydrogen-bond donors (Lipinski definition) is 3. The van der Waals surface area contributed by atoms with Crippen LogP contribution in [0, 0.1) is 6.92 Å². The normalized spacial score (nSPS) is 11.9. The lowest BCUT2D eigenvalue weighted by molar-refractivity contribution is -0.115. The van der Waals surface area contributed by atoms with Crippen LogP contribution in [-0.2, 0) is 9.59 Å². The van der Waals surface area contributed by atoms with E-state index in [0.717, 1.165) is 20.7 Å². The van der Waals surface area contributed by atoms with E-state index in [1.807, 2.05) is 38.1 Å². The van der Waals surface area contributed by atoms with Crippen molar-refractivity contribution in [1.82, 2.24) is 10.3 Å². The molecule has 11 heteroatoms. The number of hydrogen-bond acceptors (Lipinski definition) is 8. The van der Waals surface area contributed by atoms with Crippen LogP contribution < -0.4 is 25.4 Å². The number of methoxy groups -OCH3 is 2. The van der Waals surface area contributed by atoms with Gasteiger partial charge in [-0.3, -0.25) is 14.4 Å². The summed E-state index contributed by atoms with van der Waals surface area (Å²) < 4.78 is 11.8. The highest BCUT2D eigenvalue weighted by molar-refractivity contribution is 8.00. The molecule has 0 radical (unpaired) electrons. The van der Waals surface area contributed by atoms with Crippen molar-refractivity contribution in [2.45, 2.75) is 24.0 Å². The summed E-state index contributed by atoms with van der Waals surface area (Å²) in [6.45, 7) is 3.83. The van der Waals surface area contributed by atoms with Gasteiger partial charge in [0.2, 0.25) is 5.91 Å². The number of nitrogens with one attached hydrogen (secondary N) is 3. The van der Waals surface area contributed by atoms with Crippen LogP contribution in [0.3, 0.4) is 0 Å². The first-order valence-corrected chi connectivity index (χ1v) is 16.0. The average Bonchev–Trinajstić information content (AvgIpc) is 3.46. The summed E-state index contributed by atoms with van der Waals surface area (Å²) in [5.41, 5.74) is 3.43. The predicted octanol–water partition coefficient (Wildman–Crippen LogP) is 7.15. The van der Waals surface area contributed by atoms with Crippen LogP contribution in [0.15, 0.2) is 102 Å². The minimum Gasteiger partial charge on any atom is -0.497 e. The van der Waals surface area contributed by atoms with Gasteiger partial charge in [-0.05, 0) is 80.1 Å². The fourth-order valence-corrected chi connectivity index (χ4v) is 6.32. The Labute approximate surface area is 275 Å². The van der Waals surface area contributed by atoms with Crippen LogP contribution in [0.5, 0.6) is 11.5 Å². The van der Waals surface area contributed by atoms with Crippen molar-refractivity contribution in [3.63, 3.8) is 0 Å². The molecule has 1 heterocycles. The number of aryl methyl sites for hydroxylation is 1. The molecule has 0 aliphatic rings. The number of anilines is 2. The van der Waals surface area contributed by atoms with Gasteiger partial charge in [0.05, 0.1) is 29.7 Å². The molecule has 46 heavy (non-hydrogen) atoms. The van der Waals surface area contributed by atoms with Gasteiger partial charge in [-0.2, -0.15) is 0 Å². The van der Waals surface area contributed by atoms with Crippen LogP contribution in [0.2, 0.25) is 0 Å². The lowest BCUT2D eigenvalue weighted by Gasteiger charge is -2.14. The Kier molecular flexibility index (Phi) is 10.4. The zero-order chi connectivity index (χ0) is 32.6. The molecular formula is C35H32N4O5S2. The Bertz CT molecular complexity index is 1920. The van der Waals surface area contributed by atoms with E-state index in [0.29, 0.717) is 33.4 Å². The maximum absolute atomic E-state index is 13.6. The van der Waals surface area contributed by atoms with E-state index in [-0.39, 0.29) is 11.6 Å². The number of carbonyl (C=O) groups excluding carboxylic acids is 3. The largest absolute Gasteiger partial charge is 0.497 e. The standard InChI is InChI=1S/C35H32N4O5S2/c1-21-13-16-28-31(17-21)46-35(38-28)39-32(40)22(2)45-27-12-8-11-25(19-27)36-34(42)29(37-33(41)23-9-6-5-7-10-23)18-24-14-15-26(43-3)20-30(24)44-4/h5-20,22H,1-4H3,(H,36,42)(H,37,41)(H,38,39,40)/b29-18+. The summed E-state index contributed by atoms with van der Waals surface area (Å²) in [5.74, 6) is -0.119. The summed E-state index contributed by atoms with van der Waals surface area (Å²) in [7, 11) is 3.06. The van der Waals surface area contributed by atoms with Gasteiger partial charge in [-0.15, -0.1) is 11.8 Å². The fourth-order valence-electron chi connectivity index (χ4n) is 4.43. The van der Waals surface area contributed by atoms with Gasteiger partial charge in [-0.1, -0.05) is 41.7 Å². The van der Waals surface area contributed by atoms with Crippen molar-refractivity contribution >= 4 is 67.9 Å². The fraction of sp³-hybridized carbons (Fsp3) is 0.143. The molecule has 5 rings (SSSR count). The van der Waals surface area contributed by atoms with E-state index in [4.69, 9.17) is 9.47 Å². The molecule has 0 aliphatic carbocycles. The Hall–Kier alpha value is -5.13. The molecule has 0 bridgehead atoms. The Morgan fingerprint density at radius 2 is 1.70 bits per heavy atom. The molecule has 5 aromatic rings. The van der Waals surface area contributed by atoms with Crippen LogP contribution in [0.25, 0.3) is 16.3 Å². The number of nitrogens with zero attached hydrogens (tertiary/aromatic N) is 1. The van der Waals surface area contributed by atoms with Crippen molar-refractivity contribution in [1.29, 1.82) is 0 Å². The molecule has 4 aromatic carbocycles. The number of thioether (sulfide) groups is 1. The second-order valence-corrected chi connectivity index (χ2v) is 12.7. The summed E-state index contributed by atoms with van der Waals surface area (Å²) in [5, 5.41) is 8.63. The number of thiazole rings is 1. The van der Waals surface area contributed by atoms with Crippen molar-refractivity contribution in [3.8, 4) is 11.5 Å². The van der Waals surface area contributed by atoms with Crippen molar-refractivity contribution in [3.05, 3.63) is 113 Å². The van der Waals surface area contributed by atoms with E-state index in [2.05, 4.69) is 20.9 Å². The monoisotopic (exact) mass is 652 g/mol. The maximum atomic E-state index is 13.6. The number of ether oxygens (including phenoxy) is 2. The molecule has 1 atom stereocenters. The molecule has 0 fully saturated rings. The number of amides is 3. The lowest BCUT2D eigenvalue weighted by atomic mass is 10.1. The minimum atomic E-state index is -0.541. The molecule has 0 aliphatic heterocycles. The zero-order valence-corrected chi connectivity index (χ0v) is 27.3. The molecule has 1 aromatic heterocycles. The quantitative estimate of drug-likeness (QED) is 0.102. The van der Waals surface area contributed by atoms with Gasteiger partial charge >= 0.3 is 0 Å². The summed E-state index contributed by atoms with van der Waals surface area (Å²) in [4.78, 5) is 45.0. The van der Waals surface area contributed by atoms with Gasteiger partial charge < -0.3 is 25.4 Å². The molecule has 3 N–H and O–H groups in total. The molecule has 0 saturated carbocycles. The molecule has 234 valence electrons. The van der Waals surface area contributed by atoms with E-state index in [9.17, 15) is 14.4 Å². The van der Waals surface area contributed by atoms with Crippen LogP contribution >= 0.6 is 23.1 Å². The topological polar surface area (TPSA) is 119 Å². The molecule has 0 spiro atoms. The Morgan fingerprint density at radius 1 is 0.891 bits per heavy atom. The molecule has 9 nitrogen and oxygen atoms in total. The van der Waals surface area contributed by atoms with Crippen molar-refractivity contribution in [2.75, 3.05) is 24.9 Å². The number of benzene rings is 4. The number of aromatic nitrogens is 1. The SMILES string of the molecule is COc1ccc(/C=C(/NC(=O)c2ccccc2)C(=O)Nc2cccc(SC(C)C(=O)Nc3nc4ccc(C)cc4s3)c2)c(OC)c1. The highest BCUT2D eigenvalue weighted by atomic mass is 32.2. The third kappa shape index (κ3) is 8.12. The summed E-state index contributed by atoms with van der Waals surface area (Å²) in [6, 6.07) is 26.9. The van der Waals surface area contributed by atoms with Crippen LogP contribution in [-0.4, -0.2) is 42.2 Å². The van der Waals surface area contributed by atoms with Crippen LogP contribution in [0.4, 0.5) is 10.8 Å². The van der Waals surface area contributed by atoms with E-state index < -0.39 is 17.1 Å². The van der Waals surface area contributed by atoms with Gasteiger partial charge in [0, 0.05) is 27.8 Å². The predicted molar refractivity (Wildman–Crippen MR) is 185 cm³/mol. The third-order valence-electron chi connectivity index (χ3n) is 6.82. The van der Waals surface area contributed by atoms with Gasteiger partial charge in [0.1, 0.15) is 17.2 Å². The highest BCUT2D eigenvalue weighted by Gasteiger charge is 2.19. The first kappa shape index (κ1) is 32.3. The number of carbonyl (C=O) groups is 3. The average molecular weight is 653 g/mol. The Morgan fingerprint density at radius 3 is 2.46 bits per heavy atom. The second kappa shape index (κ2) is 14.8. The van der Waals surface area contributed by atoms with E-state index in [1.54, 1.807) is 79.9 Å². The number of fused-ring (bicyclic) bond motifs is 1. The molecule has 0 saturated heterocycles. The maximum Gasteiger partial charge on any atom is 0.272 e. The zero-order valence-electron chi connectivity index (χ0n) is 25.6. The molecular weight excluding hydrogens is 621 g/mol. The smallest absolute Gasteiger partial charge is 0.272 e. The van der Waals surface area contributed by atoms with Crippen molar-refractivity contribution in [2.24, 2.45) is 0 Å².